The number of carbonyl (C=O) groups is 1. The van der Waals surface area contributed by atoms with E-state index >= 15 is 0 Å². The van der Waals surface area contributed by atoms with Crippen LogP contribution in [0.5, 0.6) is 0 Å². The molecule has 1 aliphatic rings. The van der Waals surface area contributed by atoms with Crippen LogP contribution in [0.25, 0.3) is 0 Å². The summed E-state index contributed by atoms with van der Waals surface area (Å²) >= 11 is 0. The summed E-state index contributed by atoms with van der Waals surface area (Å²) in [6.07, 6.45) is 1.00. The highest BCUT2D eigenvalue weighted by atomic mass is 32.2. The smallest absolute Gasteiger partial charge is 0.410 e. The molecule has 7 nitrogen and oxygen atoms in total. The summed E-state index contributed by atoms with van der Waals surface area (Å²) in [5, 5.41) is 0. The van der Waals surface area contributed by atoms with Crippen molar-refractivity contribution in [3.63, 3.8) is 0 Å². The van der Waals surface area contributed by atoms with E-state index in [2.05, 4.69) is 0 Å². The second-order valence-corrected chi connectivity index (χ2v) is 8.75. The predicted octanol–water partition coefficient (Wildman–Crippen LogP) is 3.35. The summed E-state index contributed by atoms with van der Waals surface area (Å²) in [6, 6.07) is 18.5. The van der Waals surface area contributed by atoms with Crippen molar-refractivity contribution in [3.8, 4) is 0 Å². The fraction of sp³-hybridized carbons (Fsp3) is 0.409. The Morgan fingerprint density at radius 1 is 0.900 bits per heavy atom. The Morgan fingerprint density at radius 3 is 2.13 bits per heavy atom. The maximum Gasteiger partial charge on any atom is 0.410 e. The summed E-state index contributed by atoms with van der Waals surface area (Å²) in [4.78, 5) is 13.8. The zero-order valence-corrected chi connectivity index (χ0v) is 17.6. The van der Waals surface area contributed by atoms with Crippen molar-refractivity contribution in [2.45, 2.75) is 31.3 Å². The van der Waals surface area contributed by atoms with Crippen molar-refractivity contribution < 1.29 is 26.9 Å². The molecule has 2 aromatic carbocycles. The number of ether oxygens (including phenoxy) is 2. The Kier molecular flexibility index (Phi) is 8.24. The van der Waals surface area contributed by atoms with Crippen LogP contribution in [0, 0.1) is 0 Å². The van der Waals surface area contributed by atoms with Crippen LogP contribution in [-0.4, -0.2) is 51.8 Å². The number of likely N-dealkylation sites (tertiary alicyclic amines) is 1. The molecule has 162 valence electrons. The van der Waals surface area contributed by atoms with Crippen LogP contribution in [0.3, 0.4) is 0 Å². The van der Waals surface area contributed by atoms with Gasteiger partial charge in [-0.15, -0.1) is 0 Å². The van der Waals surface area contributed by atoms with E-state index in [1.54, 1.807) is 29.2 Å². The van der Waals surface area contributed by atoms with Gasteiger partial charge in [0, 0.05) is 13.1 Å². The lowest BCUT2D eigenvalue weighted by atomic mass is 10.1. The topological polar surface area (TPSA) is 82.1 Å². The molecule has 3 rings (SSSR count). The molecule has 1 amide bonds. The van der Waals surface area contributed by atoms with Gasteiger partial charge in [0.25, 0.3) is 10.1 Å². The summed E-state index contributed by atoms with van der Waals surface area (Å²) in [7, 11) is -3.64. The Morgan fingerprint density at radius 2 is 1.50 bits per heavy atom. The largest absolute Gasteiger partial charge is 0.445 e. The highest BCUT2D eigenvalue weighted by Gasteiger charge is 2.24. The van der Waals surface area contributed by atoms with Crippen LogP contribution in [0.4, 0.5) is 4.79 Å². The van der Waals surface area contributed by atoms with Gasteiger partial charge in [-0.2, -0.15) is 8.42 Å². The second-order valence-electron chi connectivity index (χ2n) is 7.11. The van der Waals surface area contributed by atoms with Crippen LogP contribution in [0.15, 0.2) is 60.7 Å². The molecular weight excluding hydrogens is 406 g/mol. The van der Waals surface area contributed by atoms with Crippen LogP contribution in [0.2, 0.25) is 0 Å². The molecule has 1 heterocycles. The normalized spacial score (nSPS) is 15.1. The van der Waals surface area contributed by atoms with Gasteiger partial charge in [0.15, 0.2) is 0 Å². The lowest BCUT2D eigenvalue weighted by molar-refractivity contribution is -0.00513. The van der Waals surface area contributed by atoms with Crippen molar-refractivity contribution in [1.82, 2.24) is 4.90 Å². The van der Waals surface area contributed by atoms with Gasteiger partial charge < -0.3 is 14.4 Å². The fourth-order valence-electron chi connectivity index (χ4n) is 3.21. The van der Waals surface area contributed by atoms with E-state index in [1.807, 2.05) is 36.4 Å². The van der Waals surface area contributed by atoms with Gasteiger partial charge in [0.1, 0.15) is 12.4 Å². The van der Waals surface area contributed by atoms with Crippen molar-refractivity contribution in [3.05, 3.63) is 71.8 Å². The van der Waals surface area contributed by atoms with E-state index in [1.165, 1.54) is 0 Å². The summed E-state index contributed by atoms with van der Waals surface area (Å²) in [6.45, 7) is 1.52. The van der Waals surface area contributed by atoms with E-state index in [-0.39, 0.29) is 37.8 Å². The number of hydrogen-bond acceptors (Lipinski definition) is 6. The number of hydrogen-bond donors (Lipinski definition) is 0. The Hall–Kier alpha value is -2.42. The molecule has 8 heteroatoms. The van der Waals surface area contributed by atoms with Gasteiger partial charge in [0.05, 0.1) is 19.3 Å². The van der Waals surface area contributed by atoms with Crippen molar-refractivity contribution in [2.24, 2.45) is 0 Å². The van der Waals surface area contributed by atoms with E-state index in [4.69, 9.17) is 13.7 Å². The zero-order chi connectivity index (χ0) is 21.2. The molecule has 30 heavy (non-hydrogen) atoms. The van der Waals surface area contributed by atoms with Gasteiger partial charge in [-0.3, -0.25) is 4.18 Å². The van der Waals surface area contributed by atoms with Crippen LogP contribution in [-0.2, 0) is 36.1 Å². The molecule has 0 radical (unpaired) electrons. The third-order valence-electron chi connectivity index (χ3n) is 4.79. The molecule has 0 saturated carbocycles. The molecule has 0 N–H and O–H groups in total. The first kappa shape index (κ1) is 22.3. The number of amides is 1. The molecule has 2 aromatic rings. The van der Waals surface area contributed by atoms with Gasteiger partial charge in [0.2, 0.25) is 0 Å². The highest BCUT2D eigenvalue weighted by Crippen LogP contribution is 2.15. The quantitative estimate of drug-likeness (QED) is 0.446. The van der Waals surface area contributed by atoms with Crippen LogP contribution in [0.1, 0.15) is 24.0 Å². The predicted molar refractivity (Wildman–Crippen MR) is 112 cm³/mol. The molecule has 0 unspecified atom stereocenters. The monoisotopic (exact) mass is 433 g/mol. The molecule has 0 bridgehead atoms. The molecule has 0 spiro atoms. The fourth-order valence-corrected chi connectivity index (χ4v) is 4.22. The highest BCUT2D eigenvalue weighted by molar-refractivity contribution is 7.85. The minimum absolute atomic E-state index is 0.0193. The number of carbonyl (C=O) groups excluding carboxylic acids is 1. The Bertz CT molecular complexity index is 880. The van der Waals surface area contributed by atoms with Gasteiger partial charge in [-0.1, -0.05) is 60.7 Å². The lowest BCUT2D eigenvalue weighted by Gasteiger charge is -2.31. The maximum absolute atomic E-state index is 12.2. The standard InChI is InChI=1S/C22H27NO6S/c24-22(28-17-19-7-3-1-4-8-19)23-13-11-21(12-14-23)27-15-16-29-30(25,26)18-20-9-5-2-6-10-20/h1-10,21H,11-18H2. The van der Waals surface area contributed by atoms with E-state index in [0.717, 1.165) is 5.56 Å². The number of nitrogens with zero attached hydrogens (tertiary/aromatic N) is 1. The molecule has 0 atom stereocenters. The first-order valence-corrected chi connectivity index (χ1v) is 11.6. The Labute approximate surface area is 177 Å². The van der Waals surface area contributed by atoms with Crippen molar-refractivity contribution >= 4 is 16.2 Å². The van der Waals surface area contributed by atoms with Crippen LogP contribution >= 0.6 is 0 Å². The van der Waals surface area contributed by atoms with Gasteiger partial charge in [-0.25, -0.2) is 4.79 Å². The van der Waals surface area contributed by atoms with Crippen molar-refractivity contribution in [2.75, 3.05) is 26.3 Å². The van der Waals surface area contributed by atoms with Gasteiger partial charge in [-0.05, 0) is 24.0 Å². The average Bonchev–Trinajstić information content (AvgIpc) is 2.76. The molecule has 0 aromatic heterocycles. The minimum Gasteiger partial charge on any atom is -0.445 e. The lowest BCUT2D eigenvalue weighted by Crippen LogP contribution is -2.41. The maximum atomic E-state index is 12.2. The second kappa shape index (κ2) is 11.1. The molecule has 1 aliphatic heterocycles. The summed E-state index contributed by atoms with van der Waals surface area (Å²) in [5.74, 6) is -0.155. The first-order chi connectivity index (χ1) is 14.5. The first-order valence-electron chi connectivity index (χ1n) is 10.00. The summed E-state index contributed by atoms with van der Waals surface area (Å²) in [5.41, 5.74) is 1.64. The SMILES string of the molecule is O=C(OCc1ccccc1)N1CCC(OCCOS(=O)(=O)Cc2ccccc2)CC1. The van der Waals surface area contributed by atoms with E-state index < -0.39 is 10.1 Å². The van der Waals surface area contributed by atoms with Gasteiger partial charge >= 0.3 is 6.09 Å². The third kappa shape index (κ3) is 7.44. The zero-order valence-electron chi connectivity index (χ0n) is 16.8. The Balaban J connectivity index is 1.30. The number of piperidine rings is 1. The average molecular weight is 434 g/mol. The molecule has 1 saturated heterocycles. The molecular formula is C22H27NO6S. The molecule has 1 fully saturated rings. The minimum atomic E-state index is -3.64. The molecule has 0 aliphatic carbocycles. The number of benzene rings is 2. The van der Waals surface area contributed by atoms with Crippen molar-refractivity contribution in [1.29, 1.82) is 0 Å². The summed E-state index contributed by atoms with van der Waals surface area (Å²) < 4.78 is 40.1. The number of rotatable bonds is 9. The van der Waals surface area contributed by atoms with E-state index in [0.29, 0.717) is 31.5 Å². The third-order valence-corrected chi connectivity index (χ3v) is 6.00. The van der Waals surface area contributed by atoms with Crippen LogP contribution < -0.4 is 0 Å². The van der Waals surface area contributed by atoms with E-state index in [9.17, 15) is 13.2 Å².